The second-order valence-electron chi connectivity index (χ2n) is 7.49. The highest BCUT2D eigenvalue weighted by Crippen LogP contribution is 2.33. The second kappa shape index (κ2) is 7.08. The predicted molar refractivity (Wildman–Crippen MR) is 113 cm³/mol. The monoisotopic (exact) mass is 441 g/mol. The van der Waals surface area contributed by atoms with Crippen LogP contribution >= 0.6 is 27.5 Å². The van der Waals surface area contributed by atoms with Crippen molar-refractivity contribution in [1.82, 2.24) is 14.9 Å². The third-order valence-corrected chi connectivity index (χ3v) is 6.98. The van der Waals surface area contributed by atoms with Crippen LogP contribution in [0.5, 0.6) is 0 Å². The molecule has 27 heavy (non-hydrogen) atoms. The fourth-order valence-corrected chi connectivity index (χ4v) is 5.24. The first-order valence-electron chi connectivity index (χ1n) is 9.52. The Morgan fingerprint density at radius 2 is 2.00 bits per heavy atom. The van der Waals surface area contributed by atoms with Crippen LogP contribution in [-0.4, -0.2) is 27.5 Å². The maximum absolute atomic E-state index is 6.36. The van der Waals surface area contributed by atoms with Gasteiger partial charge in [-0.25, -0.2) is 4.98 Å². The molecule has 0 saturated carbocycles. The van der Waals surface area contributed by atoms with E-state index in [9.17, 15) is 0 Å². The summed E-state index contributed by atoms with van der Waals surface area (Å²) in [5, 5.41) is 0.745. The first-order valence-corrected chi connectivity index (χ1v) is 10.7. The lowest BCUT2D eigenvalue weighted by Crippen LogP contribution is -2.42. The molecular formula is C22H21BrClN3. The SMILES string of the molecule is Clc1ccccc1-c1nc2c([nH]1)CN(C1CCc3cccc(Br)c3C1)CC2. The number of hydrogen-bond acceptors (Lipinski definition) is 2. The molecule has 1 aliphatic carbocycles. The van der Waals surface area contributed by atoms with E-state index in [0.717, 1.165) is 48.8 Å². The Labute approximate surface area is 172 Å². The fraction of sp³-hybridized carbons (Fsp3) is 0.318. The molecule has 1 aliphatic heterocycles. The molecule has 0 amide bonds. The van der Waals surface area contributed by atoms with Gasteiger partial charge in [0.25, 0.3) is 0 Å². The van der Waals surface area contributed by atoms with E-state index in [1.807, 2.05) is 24.3 Å². The van der Waals surface area contributed by atoms with Gasteiger partial charge in [-0.2, -0.15) is 0 Å². The Kier molecular flexibility index (Phi) is 4.58. The van der Waals surface area contributed by atoms with Gasteiger partial charge in [-0.1, -0.05) is 51.8 Å². The van der Waals surface area contributed by atoms with Crippen LogP contribution in [0.25, 0.3) is 11.4 Å². The van der Waals surface area contributed by atoms with Crippen LogP contribution in [0.15, 0.2) is 46.9 Å². The van der Waals surface area contributed by atoms with Gasteiger partial charge in [0.2, 0.25) is 0 Å². The lowest BCUT2D eigenvalue weighted by atomic mass is 9.87. The molecular weight excluding hydrogens is 422 g/mol. The second-order valence-corrected chi connectivity index (χ2v) is 8.75. The Hall–Kier alpha value is -1.62. The number of H-pyrrole nitrogens is 1. The zero-order valence-electron chi connectivity index (χ0n) is 15.0. The maximum Gasteiger partial charge on any atom is 0.139 e. The number of benzene rings is 2. The number of aryl methyl sites for hydroxylation is 1. The number of hydrogen-bond donors (Lipinski definition) is 1. The molecule has 1 atom stereocenters. The van der Waals surface area contributed by atoms with Crippen LogP contribution in [0.4, 0.5) is 0 Å². The summed E-state index contributed by atoms with van der Waals surface area (Å²) < 4.78 is 1.25. The van der Waals surface area contributed by atoms with Crippen molar-refractivity contribution in [3.63, 3.8) is 0 Å². The molecule has 5 heteroatoms. The lowest BCUT2D eigenvalue weighted by molar-refractivity contribution is 0.160. The van der Waals surface area contributed by atoms with Crippen LogP contribution < -0.4 is 0 Å². The minimum atomic E-state index is 0.594. The molecule has 2 aromatic carbocycles. The fourth-order valence-electron chi connectivity index (χ4n) is 4.44. The zero-order chi connectivity index (χ0) is 18.4. The quantitative estimate of drug-likeness (QED) is 0.575. The van der Waals surface area contributed by atoms with Crippen molar-refractivity contribution in [2.75, 3.05) is 6.54 Å². The van der Waals surface area contributed by atoms with Gasteiger partial charge < -0.3 is 4.98 Å². The van der Waals surface area contributed by atoms with Gasteiger partial charge in [0, 0.05) is 35.6 Å². The molecule has 138 valence electrons. The van der Waals surface area contributed by atoms with E-state index in [0.29, 0.717) is 6.04 Å². The Morgan fingerprint density at radius 1 is 1.11 bits per heavy atom. The molecule has 1 unspecified atom stereocenters. The van der Waals surface area contributed by atoms with Gasteiger partial charge >= 0.3 is 0 Å². The summed E-state index contributed by atoms with van der Waals surface area (Å²) in [5.41, 5.74) is 6.41. The number of aromatic amines is 1. The molecule has 5 rings (SSSR count). The van der Waals surface area contributed by atoms with Gasteiger partial charge in [0.1, 0.15) is 5.82 Å². The maximum atomic E-state index is 6.36. The number of halogens is 2. The van der Waals surface area contributed by atoms with Gasteiger partial charge in [0.05, 0.1) is 16.4 Å². The molecule has 1 aromatic heterocycles. The van der Waals surface area contributed by atoms with Crippen LogP contribution in [0.3, 0.4) is 0 Å². The number of fused-ring (bicyclic) bond motifs is 2. The van der Waals surface area contributed by atoms with Crippen LogP contribution in [-0.2, 0) is 25.8 Å². The summed E-state index contributed by atoms with van der Waals surface area (Å²) in [6.45, 7) is 2.02. The molecule has 2 aliphatic rings. The Balaban J connectivity index is 1.38. The van der Waals surface area contributed by atoms with E-state index in [2.05, 4.69) is 44.0 Å². The molecule has 0 bridgehead atoms. The van der Waals surface area contributed by atoms with E-state index in [4.69, 9.17) is 16.6 Å². The van der Waals surface area contributed by atoms with Crippen molar-refractivity contribution in [1.29, 1.82) is 0 Å². The van der Waals surface area contributed by atoms with Crippen LogP contribution in [0, 0.1) is 0 Å². The van der Waals surface area contributed by atoms with Gasteiger partial charge in [-0.3, -0.25) is 4.90 Å². The van der Waals surface area contributed by atoms with Crippen molar-refractivity contribution in [2.45, 2.75) is 38.3 Å². The third-order valence-electron chi connectivity index (χ3n) is 5.91. The molecule has 0 saturated heterocycles. The summed E-state index contributed by atoms with van der Waals surface area (Å²) in [4.78, 5) is 11.0. The van der Waals surface area contributed by atoms with Gasteiger partial charge in [-0.05, 0) is 48.6 Å². The smallest absolute Gasteiger partial charge is 0.139 e. The zero-order valence-corrected chi connectivity index (χ0v) is 17.4. The minimum absolute atomic E-state index is 0.594. The largest absolute Gasteiger partial charge is 0.340 e. The highest BCUT2D eigenvalue weighted by atomic mass is 79.9. The number of imidazole rings is 1. The van der Waals surface area contributed by atoms with Crippen molar-refractivity contribution < 1.29 is 0 Å². The molecule has 3 aromatic rings. The highest BCUT2D eigenvalue weighted by molar-refractivity contribution is 9.10. The van der Waals surface area contributed by atoms with Crippen LogP contribution in [0.2, 0.25) is 5.02 Å². The number of nitrogens with zero attached hydrogens (tertiary/aromatic N) is 2. The van der Waals surface area contributed by atoms with E-state index in [1.54, 1.807) is 0 Å². The molecule has 1 N–H and O–H groups in total. The minimum Gasteiger partial charge on any atom is -0.340 e. The first-order chi connectivity index (χ1) is 13.2. The first kappa shape index (κ1) is 17.5. The van der Waals surface area contributed by atoms with Gasteiger partial charge in [0.15, 0.2) is 0 Å². The van der Waals surface area contributed by atoms with E-state index in [-0.39, 0.29) is 0 Å². The topological polar surface area (TPSA) is 31.9 Å². The van der Waals surface area contributed by atoms with E-state index in [1.165, 1.54) is 33.4 Å². The molecule has 2 heterocycles. The van der Waals surface area contributed by atoms with E-state index < -0.39 is 0 Å². The third kappa shape index (κ3) is 3.24. The summed E-state index contributed by atoms with van der Waals surface area (Å²) >= 11 is 10.1. The standard InChI is InChI=1S/C22H21BrClN3/c23-18-6-3-4-14-8-9-15(12-17(14)18)27-11-10-20-21(13-27)26-22(25-20)16-5-1-2-7-19(16)24/h1-7,15H,8-13H2,(H,25,26). The van der Waals surface area contributed by atoms with Crippen LogP contribution in [0.1, 0.15) is 28.9 Å². The summed E-state index contributed by atoms with van der Waals surface area (Å²) in [6.07, 6.45) is 4.51. The summed E-state index contributed by atoms with van der Waals surface area (Å²) in [5.74, 6) is 0.893. The predicted octanol–water partition coefficient (Wildman–Crippen LogP) is 5.41. The van der Waals surface area contributed by atoms with Crippen molar-refractivity contribution >= 4 is 27.5 Å². The lowest BCUT2D eigenvalue weighted by Gasteiger charge is -2.37. The van der Waals surface area contributed by atoms with Crippen molar-refractivity contribution in [3.05, 3.63) is 74.5 Å². The number of rotatable bonds is 2. The molecule has 3 nitrogen and oxygen atoms in total. The summed E-state index contributed by atoms with van der Waals surface area (Å²) in [6, 6.07) is 15.1. The number of aromatic nitrogens is 2. The molecule has 0 fully saturated rings. The van der Waals surface area contributed by atoms with Crippen molar-refractivity contribution in [2.24, 2.45) is 0 Å². The molecule has 0 spiro atoms. The average molecular weight is 443 g/mol. The number of nitrogens with one attached hydrogen (secondary N) is 1. The summed E-state index contributed by atoms with van der Waals surface area (Å²) in [7, 11) is 0. The Bertz CT molecular complexity index is 997. The van der Waals surface area contributed by atoms with Gasteiger partial charge in [-0.15, -0.1) is 0 Å². The normalized spacial score (nSPS) is 19.6. The molecule has 0 radical (unpaired) electrons. The Morgan fingerprint density at radius 3 is 2.89 bits per heavy atom. The average Bonchev–Trinajstić information content (AvgIpc) is 3.11. The van der Waals surface area contributed by atoms with Crippen molar-refractivity contribution in [3.8, 4) is 11.4 Å². The van der Waals surface area contributed by atoms with E-state index >= 15 is 0 Å². The highest BCUT2D eigenvalue weighted by Gasteiger charge is 2.29.